The lowest BCUT2D eigenvalue weighted by atomic mass is 10.1. The number of ketones is 1. The van der Waals surface area contributed by atoms with E-state index in [0.717, 1.165) is 29.3 Å². The number of allylic oxidation sites excluding steroid dienone is 9. The monoisotopic (exact) mass is 474 g/mol. The van der Waals surface area contributed by atoms with E-state index in [1.54, 1.807) is 6.08 Å². The van der Waals surface area contributed by atoms with Crippen LogP contribution in [-0.2, 0) is 11.2 Å². The lowest BCUT2D eigenvalue weighted by molar-refractivity contribution is -0.116. The van der Waals surface area contributed by atoms with Gasteiger partial charge < -0.3 is 15.5 Å². The predicted molar refractivity (Wildman–Crippen MR) is 150 cm³/mol. The largest absolute Gasteiger partial charge is 0.485 e. The molecule has 0 unspecified atom stereocenters. The molecule has 188 valence electrons. The molecule has 0 saturated carbocycles. The van der Waals surface area contributed by atoms with Crippen molar-refractivity contribution in [3.05, 3.63) is 90.7 Å². The number of rotatable bonds is 18. The summed E-state index contributed by atoms with van der Waals surface area (Å²) in [5, 5.41) is 1.09. The first-order valence-electron chi connectivity index (χ1n) is 13.0. The summed E-state index contributed by atoms with van der Waals surface area (Å²) < 4.78 is 5.66. The van der Waals surface area contributed by atoms with Crippen LogP contribution in [0.15, 0.2) is 85.2 Å². The van der Waals surface area contributed by atoms with Crippen molar-refractivity contribution in [2.24, 2.45) is 5.73 Å². The second-order valence-corrected chi connectivity index (χ2v) is 8.67. The number of ether oxygens (including phenoxy) is 1. The van der Waals surface area contributed by atoms with E-state index in [1.165, 1.54) is 51.0 Å². The molecule has 0 saturated heterocycles. The molecule has 1 heterocycles. The highest BCUT2D eigenvalue weighted by molar-refractivity contribution is 5.91. The third-order valence-corrected chi connectivity index (χ3v) is 5.70. The Balaban J connectivity index is 1.59. The van der Waals surface area contributed by atoms with Crippen LogP contribution in [-0.4, -0.2) is 23.9 Å². The zero-order chi connectivity index (χ0) is 25.0. The minimum Gasteiger partial charge on any atom is -0.485 e. The van der Waals surface area contributed by atoms with E-state index in [1.807, 2.05) is 60.9 Å². The second-order valence-electron chi connectivity index (χ2n) is 8.67. The molecule has 2 aromatic rings. The van der Waals surface area contributed by atoms with Gasteiger partial charge in [0.1, 0.15) is 5.75 Å². The molecule has 4 nitrogen and oxygen atoms in total. The van der Waals surface area contributed by atoms with Crippen LogP contribution in [0.25, 0.3) is 10.9 Å². The van der Waals surface area contributed by atoms with Crippen molar-refractivity contribution in [2.75, 3.05) is 13.2 Å². The Morgan fingerprint density at radius 2 is 1.60 bits per heavy atom. The topological polar surface area (TPSA) is 68.1 Å². The molecule has 0 bridgehead atoms. The van der Waals surface area contributed by atoms with Crippen molar-refractivity contribution in [3.63, 3.8) is 0 Å². The van der Waals surface area contributed by atoms with Crippen LogP contribution >= 0.6 is 0 Å². The van der Waals surface area contributed by atoms with Gasteiger partial charge in [-0.25, -0.2) is 0 Å². The summed E-state index contributed by atoms with van der Waals surface area (Å²) >= 11 is 0. The maximum Gasteiger partial charge on any atom is 0.193 e. The zero-order valence-electron chi connectivity index (χ0n) is 21.3. The summed E-state index contributed by atoms with van der Waals surface area (Å²) in [7, 11) is 0. The third-order valence-electron chi connectivity index (χ3n) is 5.70. The number of fused-ring (bicyclic) bond motifs is 1. The van der Waals surface area contributed by atoms with Crippen molar-refractivity contribution in [1.29, 1.82) is 0 Å². The van der Waals surface area contributed by atoms with E-state index in [4.69, 9.17) is 10.5 Å². The molecule has 0 amide bonds. The number of carbonyl (C=O) groups is 1. The van der Waals surface area contributed by atoms with Crippen LogP contribution in [0.4, 0.5) is 0 Å². The number of H-pyrrole nitrogens is 1. The highest BCUT2D eigenvalue weighted by atomic mass is 16.5. The van der Waals surface area contributed by atoms with Gasteiger partial charge in [0.05, 0.1) is 0 Å². The van der Waals surface area contributed by atoms with Crippen LogP contribution < -0.4 is 10.5 Å². The lowest BCUT2D eigenvalue weighted by Crippen LogP contribution is -2.08. The van der Waals surface area contributed by atoms with E-state index in [2.05, 4.69) is 24.1 Å². The van der Waals surface area contributed by atoms with Gasteiger partial charge in [-0.1, -0.05) is 100 Å². The molecule has 3 N–H and O–H groups in total. The summed E-state index contributed by atoms with van der Waals surface area (Å²) in [6, 6.07) is 5.78. The standard InChI is InChI=1S/C31H42N2O2/c1-2-3-4-5-6-7-8-9-10-11-12-13-14-15-16-17-18-19-28(34)26-35-29-20-21-31-30(24-29)27(22-23-32)25-33-31/h10-21,24-25,33H,2-9,22-23,26,32H2,1H3. The van der Waals surface area contributed by atoms with Crippen LogP contribution in [0, 0.1) is 0 Å². The molecule has 0 radical (unpaired) electrons. The molecule has 0 atom stereocenters. The van der Waals surface area contributed by atoms with Crippen molar-refractivity contribution < 1.29 is 9.53 Å². The minimum atomic E-state index is -0.0824. The lowest BCUT2D eigenvalue weighted by Gasteiger charge is -2.04. The Morgan fingerprint density at radius 1 is 0.914 bits per heavy atom. The molecule has 0 spiro atoms. The van der Waals surface area contributed by atoms with E-state index >= 15 is 0 Å². The summed E-state index contributed by atoms with van der Waals surface area (Å²) in [5.74, 6) is 0.597. The molecule has 1 aromatic heterocycles. The van der Waals surface area contributed by atoms with Gasteiger partial charge in [-0.3, -0.25) is 4.79 Å². The molecular formula is C31H42N2O2. The Kier molecular flexibility index (Phi) is 14.7. The van der Waals surface area contributed by atoms with Crippen LogP contribution in [0.3, 0.4) is 0 Å². The number of aromatic nitrogens is 1. The SMILES string of the molecule is CCCCCCCCCC=CC=CC=CC=CC=CC(=O)COc1ccc2[nH]cc(CCN)c2c1. The second kappa shape index (κ2) is 18.2. The molecule has 35 heavy (non-hydrogen) atoms. The van der Waals surface area contributed by atoms with Crippen molar-refractivity contribution in [1.82, 2.24) is 4.98 Å². The van der Waals surface area contributed by atoms with Gasteiger partial charge in [0.25, 0.3) is 0 Å². The van der Waals surface area contributed by atoms with Gasteiger partial charge in [0.15, 0.2) is 12.4 Å². The van der Waals surface area contributed by atoms with Gasteiger partial charge in [-0.15, -0.1) is 0 Å². The quantitative estimate of drug-likeness (QED) is 0.133. The summed E-state index contributed by atoms with van der Waals surface area (Å²) in [6.07, 6.45) is 32.7. The molecule has 0 aliphatic carbocycles. The number of unbranched alkanes of at least 4 members (excludes halogenated alkanes) is 7. The van der Waals surface area contributed by atoms with Crippen molar-refractivity contribution in [2.45, 2.75) is 64.7 Å². The fourth-order valence-electron chi connectivity index (χ4n) is 3.75. The third kappa shape index (κ3) is 12.2. The molecule has 2 rings (SSSR count). The zero-order valence-corrected chi connectivity index (χ0v) is 21.3. The first kappa shape index (κ1) is 28.1. The number of carbonyl (C=O) groups excluding carboxylic acids is 1. The smallest absolute Gasteiger partial charge is 0.193 e. The molecular weight excluding hydrogens is 432 g/mol. The summed E-state index contributed by atoms with van der Waals surface area (Å²) in [5.41, 5.74) is 7.87. The van der Waals surface area contributed by atoms with E-state index in [0.29, 0.717) is 12.3 Å². The fourth-order valence-corrected chi connectivity index (χ4v) is 3.75. The first-order chi connectivity index (χ1) is 17.2. The van der Waals surface area contributed by atoms with Gasteiger partial charge in [0.2, 0.25) is 0 Å². The van der Waals surface area contributed by atoms with Crippen LogP contribution in [0.5, 0.6) is 5.75 Å². The number of nitrogens with two attached hydrogens (primary N) is 1. The number of benzene rings is 1. The summed E-state index contributed by atoms with van der Waals surface area (Å²) in [4.78, 5) is 15.3. The van der Waals surface area contributed by atoms with Crippen molar-refractivity contribution >= 4 is 16.7 Å². The molecule has 4 heteroatoms. The highest BCUT2D eigenvalue weighted by Crippen LogP contribution is 2.24. The predicted octanol–water partition coefficient (Wildman–Crippen LogP) is 7.54. The Morgan fingerprint density at radius 3 is 2.34 bits per heavy atom. The fraction of sp³-hybridized carbons (Fsp3) is 0.387. The first-order valence-corrected chi connectivity index (χ1v) is 13.0. The van der Waals surface area contributed by atoms with Gasteiger partial charge in [-0.2, -0.15) is 0 Å². The van der Waals surface area contributed by atoms with Gasteiger partial charge in [-0.05, 0) is 55.6 Å². The van der Waals surface area contributed by atoms with Crippen LogP contribution in [0.1, 0.15) is 63.9 Å². The molecule has 0 aliphatic rings. The highest BCUT2D eigenvalue weighted by Gasteiger charge is 2.05. The van der Waals surface area contributed by atoms with E-state index in [9.17, 15) is 4.79 Å². The Labute approximate surface area is 211 Å². The number of nitrogens with one attached hydrogen (secondary N) is 1. The number of hydrogen-bond acceptors (Lipinski definition) is 3. The van der Waals surface area contributed by atoms with E-state index < -0.39 is 0 Å². The molecule has 0 fully saturated rings. The number of aromatic amines is 1. The molecule has 1 aromatic carbocycles. The minimum absolute atomic E-state index is 0.0102. The van der Waals surface area contributed by atoms with E-state index in [-0.39, 0.29) is 12.4 Å². The maximum absolute atomic E-state index is 12.1. The van der Waals surface area contributed by atoms with Gasteiger partial charge in [0, 0.05) is 17.1 Å². The Hall–Kier alpha value is -3.11. The summed E-state index contributed by atoms with van der Waals surface area (Å²) in [6.45, 7) is 2.86. The average Bonchev–Trinajstić information content (AvgIpc) is 3.27. The van der Waals surface area contributed by atoms with Crippen molar-refractivity contribution in [3.8, 4) is 5.75 Å². The average molecular weight is 475 g/mol. The van der Waals surface area contributed by atoms with Crippen LogP contribution in [0.2, 0.25) is 0 Å². The number of hydrogen-bond donors (Lipinski definition) is 2. The normalized spacial score (nSPS) is 12.5. The van der Waals surface area contributed by atoms with Gasteiger partial charge >= 0.3 is 0 Å². The maximum atomic E-state index is 12.1. The Bertz CT molecular complexity index is 1010. The molecule has 0 aliphatic heterocycles.